The molecule has 2 N–H and O–H groups in total. The molecule has 0 aliphatic heterocycles. The maximum Gasteiger partial charge on any atom is 0.274 e. The van der Waals surface area contributed by atoms with Crippen LogP contribution in [0.4, 0.5) is 16.0 Å². The van der Waals surface area contributed by atoms with Crippen LogP contribution in [0.2, 0.25) is 0 Å². The number of aromatic nitrogens is 2. The lowest BCUT2D eigenvalue weighted by Crippen LogP contribution is -2.18. The predicted molar refractivity (Wildman–Crippen MR) is 88.0 cm³/mol. The highest BCUT2D eigenvalue weighted by Gasteiger charge is 2.11. The fourth-order valence-corrected chi connectivity index (χ4v) is 1.91. The molecule has 1 amide bonds. The minimum atomic E-state index is -0.489. The monoisotopic (exact) mass is 317 g/mol. The molecule has 0 saturated heterocycles. The van der Waals surface area contributed by atoms with E-state index in [1.54, 1.807) is 12.1 Å². The number of benzene rings is 1. The SMILES string of the molecule is CN(C)CCCNc1nccc(C(=O)Nc2ccccc2F)n1. The van der Waals surface area contributed by atoms with Gasteiger partial charge in [-0.15, -0.1) is 0 Å². The first-order valence-corrected chi connectivity index (χ1v) is 7.34. The van der Waals surface area contributed by atoms with Crippen molar-refractivity contribution in [1.82, 2.24) is 14.9 Å². The van der Waals surface area contributed by atoms with Crippen LogP contribution in [-0.2, 0) is 0 Å². The zero-order chi connectivity index (χ0) is 16.7. The van der Waals surface area contributed by atoms with Crippen LogP contribution in [0.5, 0.6) is 0 Å². The lowest BCUT2D eigenvalue weighted by atomic mass is 10.3. The van der Waals surface area contributed by atoms with Crippen molar-refractivity contribution in [2.75, 3.05) is 37.8 Å². The van der Waals surface area contributed by atoms with Crippen LogP contribution in [0.1, 0.15) is 16.9 Å². The number of nitrogens with zero attached hydrogens (tertiary/aromatic N) is 3. The van der Waals surface area contributed by atoms with Crippen molar-refractivity contribution in [3.8, 4) is 0 Å². The molecule has 0 unspecified atom stereocenters. The summed E-state index contributed by atoms with van der Waals surface area (Å²) < 4.78 is 13.6. The Bertz CT molecular complexity index is 662. The van der Waals surface area contributed by atoms with Gasteiger partial charge in [0.05, 0.1) is 5.69 Å². The molecule has 7 heteroatoms. The normalized spacial score (nSPS) is 10.6. The number of anilines is 2. The van der Waals surface area contributed by atoms with Crippen molar-refractivity contribution < 1.29 is 9.18 Å². The van der Waals surface area contributed by atoms with Gasteiger partial charge < -0.3 is 15.5 Å². The lowest BCUT2D eigenvalue weighted by molar-refractivity contribution is 0.102. The molecular formula is C16H20FN5O. The number of para-hydroxylation sites is 1. The van der Waals surface area contributed by atoms with Gasteiger partial charge in [0.1, 0.15) is 11.5 Å². The maximum absolute atomic E-state index is 13.6. The highest BCUT2D eigenvalue weighted by molar-refractivity contribution is 6.03. The van der Waals surface area contributed by atoms with Crippen LogP contribution >= 0.6 is 0 Å². The van der Waals surface area contributed by atoms with Crippen LogP contribution in [0.25, 0.3) is 0 Å². The quantitative estimate of drug-likeness (QED) is 0.766. The largest absolute Gasteiger partial charge is 0.354 e. The number of nitrogens with one attached hydrogen (secondary N) is 2. The van der Waals surface area contributed by atoms with E-state index in [-0.39, 0.29) is 11.4 Å². The molecule has 23 heavy (non-hydrogen) atoms. The number of halogens is 1. The molecule has 1 heterocycles. The first kappa shape index (κ1) is 16.8. The fourth-order valence-electron chi connectivity index (χ4n) is 1.91. The maximum atomic E-state index is 13.6. The Hall–Kier alpha value is -2.54. The van der Waals surface area contributed by atoms with Gasteiger partial charge in [0.25, 0.3) is 5.91 Å². The van der Waals surface area contributed by atoms with Crippen LogP contribution in [-0.4, -0.2) is 48.0 Å². The van der Waals surface area contributed by atoms with E-state index in [1.807, 2.05) is 14.1 Å². The van der Waals surface area contributed by atoms with Crippen molar-refractivity contribution in [1.29, 1.82) is 0 Å². The van der Waals surface area contributed by atoms with Crippen molar-refractivity contribution >= 4 is 17.5 Å². The van der Waals surface area contributed by atoms with Gasteiger partial charge in [0, 0.05) is 12.7 Å². The van der Waals surface area contributed by atoms with Gasteiger partial charge in [-0.2, -0.15) is 0 Å². The lowest BCUT2D eigenvalue weighted by Gasteiger charge is -2.10. The molecule has 0 fully saturated rings. The highest BCUT2D eigenvalue weighted by Crippen LogP contribution is 2.13. The van der Waals surface area contributed by atoms with Crippen molar-refractivity contribution in [2.24, 2.45) is 0 Å². The first-order chi connectivity index (χ1) is 11.1. The summed E-state index contributed by atoms with van der Waals surface area (Å²) in [5.74, 6) is -0.587. The highest BCUT2D eigenvalue weighted by atomic mass is 19.1. The van der Waals surface area contributed by atoms with Gasteiger partial charge in [-0.1, -0.05) is 12.1 Å². The summed E-state index contributed by atoms with van der Waals surface area (Å²) in [5.41, 5.74) is 0.301. The molecule has 0 atom stereocenters. The summed E-state index contributed by atoms with van der Waals surface area (Å²) >= 11 is 0. The van der Waals surface area contributed by atoms with E-state index >= 15 is 0 Å². The summed E-state index contributed by atoms with van der Waals surface area (Å²) in [6, 6.07) is 7.48. The minimum absolute atomic E-state index is 0.122. The van der Waals surface area contributed by atoms with E-state index in [1.165, 1.54) is 24.4 Å². The number of rotatable bonds is 7. The summed E-state index contributed by atoms with van der Waals surface area (Å²) in [6.45, 7) is 1.65. The second-order valence-electron chi connectivity index (χ2n) is 5.28. The molecule has 6 nitrogen and oxygen atoms in total. The number of hydrogen-bond acceptors (Lipinski definition) is 5. The van der Waals surface area contributed by atoms with Gasteiger partial charge >= 0.3 is 0 Å². The van der Waals surface area contributed by atoms with Gasteiger partial charge in [0.2, 0.25) is 5.95 Å². The Kier molecular flexibility index (Phi) is 5.99. The molecule has 1 aromatic carbocycles. The summed E-state index contributed by atoms with van der Waals surface area (Å²) in [7, 11) is 4.01. The van der Waals surface area contributed by atoms with E-state index in [4.69, 9.17) is 0 Å². The average molecular weight is 317 g/mol. The van der Waals surface area contributed by atoms with E-state index in [0.717, 1.165) is 13.0 Å². The summed E-state index contributed by atoms with van der Waals surface area (Å²) in [6.07, 6.45) is 2.43. The molecule has 2 aromatic rings. The van der Waals surface area contributed by atoms with Crippen molar-refractivity contribution in [2.45, 2.75) is 6.42 Å². The van der Waals surface area contributed by atoms with Crippen molar-refractivity contribution in [3.05, 3.63) is 48.0 Å². The summed E-state index contributed by atoms with van der Waals surface area (Å²) in [4.78, 5) is 22.4. The zero-order valence-corrected chi connectivity index (χ0v) is 13.2. The third-order valence-electron chi connectivity index (χ3n) is 3.08. The fraction of sp³-hybridized carbons (Fsp3) is 0.312. The molecular weight excluding hydrogens is 297 g/mol. The minimum Gasteiger partial charge on any atom is -0.354 e. The van der Waals surface area contributed by atoms with E-state index in [9.17, 15) is 9.18 Å². The van der Waals surface area contributed by atoms with E-state index in [2.05, 4.69) is 25.5 Å². The standard InChI is InChI=1S/C16H20FN5O/c1-22(2)11-5-9-18-16-19-10-8-14(21-16)15(23)20-13-7-4-3-6-12(13)17/h3-4,6-8,10H,5,9,11H2,1-2H3,(H,20,23)(H,18,19,21). The number of carbonyl (C=O) groups excluding carboxylic acids is 1. The smallest absolute Gasteiger partial charge is 0.274 e. The van der Waals surface area contributed by atoms with Crippen LogP contribution < -0.4 is 10.6 Å². The molecule has 0 spiro atoms. The van der Waals surface area contributed by atoms with Gasteiger partial charge in [0.15, 0.2) is 0 Å². The molecule has 0 bridgehead atoms. The number of carbonyl (C=O) groups is 1. The molecule has 0 saturated carbocycles. The Morgan fingerprint density at radius 2 is 2.04 bits per heavy atom. The summed E-state index contributed by atoms with van der Waals surface area (Å²) in [5, 5.41) is 5.56. The molecule has 0 radical (unpaired) electrons. The third kappa shape index (κ3) is 5.30. The predicted octanol–water partition coefficient (Wildman–Crippen LogP) is 2.23. The molecule has 122 valence electrons. The van der Waals surface area contributed by atoms with Crippen LogP contribution in [0.3, 0.4) is 0 Å². The average Bonchev–Trinajstić information content (AvgIpc) is 2.54. The third-order valence-corrected chi connectivity index (χ3v) is 3.08. The molecule has 1 aromatic heterocycles. The van der Waals surface area contributed by atoms with Crippen molar-refractivity contribution in [3.63, 3.8) is 0 Å². The number of hydrogen-bond donors (Lipinski definition) is 2. The molecule has 0 aliphatic rings. The second-order valence-corrected chi connectivity index (χ2v) is 5.28. The molecule has 0 aliphatic carbocycles. The van der Waals surface area contributed by atoms with Crippen LogP contribution in [0, 0.1) is 5.82 Å². The van der Waals surface area contributed by atoms with Gasteiger partial charge in [-0.05, 0) is 45.3 Å². The van der Waals surface area contributed by atoms with Gasteiger partial charge in [-0.3, -0.25) is 4.79 Å². The first-order valence-electron chi connectivity index (χ1n) is 7.34. The second kappa shape index (κ2) is 8.19. The topological polar surface area (TPSA) is 70.2 Å². The van der Waals surface area contributed by atoms with Crippen LogP contribution in [0.15, 0.2) is 36.5 Å². The van der Waals surface area contributed by atoms with Gasteiger partial charge in [-0.25, -0.2) is 14.4 Å². The Labute approximate surface area is 134 Å². The Morgan fingerprint density at radius 1 is 1.26 bits per heavy atom. The van der Waals surface area contributed by atoms with E-state index in [0.29, 0.717) is 12.5 Å². The number of amides is 1. The molecule has 2 rings (SSSR count). The Balaban J connectivity index is 1.96. The Morgan fingerprint density at radius 3 is 2.78 bits per heavy atom. The zero-order valence-electron chi connectivity index (χ0n) is 13.2. The van der Waals surface area contributed by atoms with E-state index < -0.39 is 11.7 Å².